The molecule has 2 nitrogen and oxygen atoms in total. The van der Waals surface area contributed by atoms with E-state index >= 15 is 0 Å². The molecular formula is C19H25NO. The van der Waals surface area contributed by atoms with Crippen LogP contribution in [0.5, 0.6) is 0 Å². The van der Waals surface area contributed by atoms with E-state index < -0.39 is 0 Å². The summed E-state index contributed by atoms with van der Waals surface area (Å²) in [7, 11) is 0. The first-order valence-corrected chi connectivity index (χ1v) is 8.17. The third kappa shape index (κ3) is 3.69. The molecule has 3 rings (SSSR count). The van der Waals surface area contributed by atoms with Crippen LogP contribution in [0.25, 0.3) is 0 Å². The number of anilines is 1. The van der Waals surface area contributed by atoms with Gasteiger partial charge in [-0.25, -0.2) is 0 Å². The SMILES string of the molecule is CCCCc1ccc(NCc2ccc(C3CC3C)o2)cc1. The first kappa shape index (κ1) is 14.2. The van der Waals surface area contributed by atoms with Crippen molar-refractivity contribution in [1.82, 2.24) is 0 Å². The van der Waals surface area contributed by atoms with Crippen LogP contribution in [0.1, 0.15) is 56.1 Å². The Bertz CT molecular complexity index is 570. The summed E-state index contributed by atoms with van der Waals surface area (Å²) >= 11 is 0. The van der Waals surface area contributed by atoms with Gasteiger partial charge < -0.3 is 9.73 Å². The molecule has 21 heavy (non-hydrogen) atoms. The minimum Gasteiger partial charge on any atom is -0.464 e. The quantitative estimate of drug-likeness (QED) is 0.740. The van der Waals surface area contributed by atoms with Crippen LogP contribution in [0.15, 0.2) is 40.8 Å². The first-order chi connectivity index (χ1) is 10.3. The average molecular weight is 283 g/mol. The Morgan fingerprint density at radius 1 is 1.14 bits per heavy atom. The van der Waals surface area contributed by atoms with Gasteiger partial charge in [0.25, 0.3) is 0 Å². The van der Waals surface area contributed by atoms with Crippen molar-refractivity contribution < 1.29 is 4.42 Å². The van der Waals surface area contributed by atoms with E-state index in [1.165, 1.54) is 31.2 Å². The molecule has 0 bridgehead atoms. The molecule has 2 unspecified atom stereocenters. The maximum absolute atomic E-state index is 5.91. The maximum atomic E-state index is 5.91. The Morgan fingerprint density at radius 3 is 2.57 bits per heavy atom. The van der Waals surface area contributed by atoms with E-state index in [4.69, 9.17) is 4.42 Å². The third-order valence-electron chi connectivity index (χ3n) is 4.40. The van der Waals surface area contributed by atoms with E-state index in [0.29, 0.717) is 5.92 Å². The number of hydrogen-bond donors (Lipinski definition) is 1. The van der Waals surface area contributed by atoms with Crippen LogP contribution in [0.4, 0.5) is 5.69 Å². The lowest BCUT2D eigenvalue weighted by atomic mass is 10.1. The number of benzene rings is 1. The molecule has 2 heteroatoms. The second-order valence-electron chi connectivity index (χ2n) is 6.28. The van der Waals surface area contributed by atoms with Crippen LogP contribution in [-0.4, -0.2) is 0 Å². The van der Waals surface area contributed by atoms with E-state index in [-0.39, 0.29) is 0 Å². The second-order valence-corrected chi connectivity index (χ2v) is 6.28. The molecule has 1 N–H and O–H groups in total. The van der Waals surface area contributed by atoms with Gasteiger partial charge in [-0.1, -0.05) is 32.4 Å². The van der Waals surface area contributed by atoms with E-state index in [1.807, 2.05) is 0 Å². The minimum absolute atomic E-state index is 0.664. The van der Waals surface area contributed by atoms with Crippen molar-refractivity contribution in [2.75, 3.05) is 5.32 Å². The summed E-state index contributed by atoms with van der Waals surface area (Å²) in [6.07, 6.45) is 4.97. The summed E-state index contributed by atoms with van der Waals surface area (Å²) in [4.78, 5) is 0. The Morgan fingerprint density at radius 2 is 1.90 bits per heavy atom. The molecule has 0 radical (unpaired) electrons. The summed E-state index contributed by atoms with van der Waals surface area (Å²) in [5.41, 5.74) is 2.58. The standard InChI is InChI=1S/C19H25NO/c1-3-4-5-15-6-8-16(9-7-15)20-13-17-10-11-19(21-17)18-12-14(18)2/h6-11,14,18,20H,3-5,12-13H2,1-2H3. The van der Waals surface area contributed by atoms with Gasteiger partial charge in [-0.2, -0.15) is 0 Å². The van der Waals surface area contributed by atoms with Crippen LogP contribution in [0.3, 0.4) is 0 Å². The zero-order chi connectivity index (χ0) is 14.7. The Hall–Kier alpha value is -1.70. The van der Waals surface area contributed by atoms with Crippen LogP contribution < -0.4 is 5.32 Å². The van der Waals surface area contributed by atoms with Crippen molar-refractivity contribution in [2.45, 2.75) is 52.0 Å². The molecule has 2 aromatic rings. The van der Waals surface area contributed by atoms with Crippen molar-refractivity contribution >= 4 is 5.69 Å². The Labute approximate surface area is 127 Å². The van der Waals surface area contributed by atoms with Gasteiger partial charge in [-0.15, -0.1) is 0 Å². The van der Waals surface area contributed by atoms with Gasteiger partial charge in [0.05, 0.1) is 6.54 Å². The van der Waals surface area contributed by atoms with Crippen LogP contribution in [-0.2, 0) is 13.0 Å². The Kier molecular flexibility index (Phi) is 4.33. The zero-order valence-corrected chi connectivity index (χ0v) is 13.1. The highest BCUT2D eigenvalue weighted by molar-refractivity contribution is 5.44. The van der Waals surface area contributed by atoms with E-state index in [9.17, 15) is 0 Å². The first-order valence-electron chi connectivity index (χ1n) is 8.17. The summed E-state index contributed by atoms with van der Waals surface area (Å²) in [5.74, 6) is 3.65. The van der Waals surface area contributed by atoms with Crippen molar-refractivity contribution in [3.63, 3.8) is 0 Å². The van der Waals surface area contributed by atoms with Gasteiger partial charge in [-0.3, -0.25) is 0 Å². The molecule has 1 aliphatic carbocycles. The predicted molar refractivity (Wildman–Crippen MR) is 87.6 cm³/mol. The lowest BCUT2D eigenvalue weighted by Crippen LogP contribution is -1.98. The molecule has 0 amide bonds. The molecule has 1 aromatic carbocycles. The van der Waals surface area contributed by atoms with E-state index in [2.05, 4.69) is 55.6 Å². The van der Waals surface area contributed by atoms with Crippen molar-refractivity contribution in [1.29, 1.82) is 0 Å². The number of aryl methyl sites for hydroxylation is 1. The molecule has 1 aliphatic rings. The number of hydrogen-bond acceptors (Lipinski definition) is 2. The number of rotatable bonds is 7. The van der Waals surface area contributed by atoms with Gasteiger partial charge in [0.15, 0.2) is 0 Å². The number of unbranched alkanes of at least 4 members (excludes halogenated alkanes) is 1. The fourth-order valence-electron chi connectivity index (χ4n) is 2.77. The molecule has 1 heterocycles. The highest BCUT2D eigenvalue weighted by atomic mass is 16.3. The molecule has 1 aromatic heterocycles. The summed E-state index contributed by atoms with van der Waals surface area (Å²) in [6.45, 7) is 5.27. The minimum atomic E-state index is 0.664. The van der Waals surface area contributed by atoms with Crippen molar-refractivity contribution in [3.8, 4) is 0 Å². The maximum Gasteiger partial charge on any atom is 0.123 e. The summed E-state index contributed by atoms with van der Waals surface area (Å²) < 4.78 is 5.91. The molecule has 0 saturated heterocycles. The third-order valence-corrected chi connectivity index (χ3v) is 4.40. The largest absolute Gasteiger partial charge is 0.464 e. The zero-order valence-electron chi connectivity index (χ0n) is 13.1. The topological polar surface area (TPSA) is 25.2 Å². The molecule has 0 spiro atoms. The Balaban J connectivity index is 1.51. The van der Waals surface area contributed by atoms with Crippen molar-refractivity contribution in [2.24, 2.45) is 5.92 Å². The fourth-order valence-corrected chi connectivity index (χ4v) is 2.77. The predicted octanol–water partition coefficient (Wildman–Crippen LogP) is 5.36. The molecule has 0 aliphatic heterocycles. The van der Waals surface area contributed by atoms with Crippen LogP contribution >= 0.6 is 0 Å². The van der Waals surface area contributed by atoms with Gasteiger partial charge in [0.2, 0.25) is 0 Å². The normalized spacial score (nSPS) is 20.5. The van der Waals surface area contributed by atoms with Gasteiger partial charge >= 0.3 is 0 Å². The molecule has 1 fully saturated rings. The fraction of sp³-hybridized carbons (Fsp3) is 0.474. The van der Waals surface area contributed by atoms with Crippen molar-refractivity contribution in [3.05, 3.63) is 53.5 Å². The van der Waals surface area contributed by atoms with Gasteiger partial charge in [0, 0.05) is 11.6 Å². The summed E-state index contributed by atoms with van der Waals surface area (Å²) in [6, 6.07) is 13.0. The molecular weight excluding hydrogens is 258 g/mol. The summed E-state index contributed by atoms with van der Waals surface area (Å²) in [5, 5.41) is 3.43. The second kappa shape index (κ2) is 6.38. The molecule has 2 atom stereocenters. The molecule has 112 valence electrons. The van der Waals surface area contributed by atoms with Gasteiger partial charge in [-0.05, 0) is 55.0 Å². The van der Waals surface area contributed by atoms with Gasteiger partial charge in [0.1, 0.15) is 11.5 Å². The number of furan rings is 1. The number of nitrogens with one attached hydrogen (secondary N) is 1. The van der Waals surface area contributed by atoms with Crippen LogP contribution in [0.2, 0.25) is 0 Å². The molecule has 1 saturated carbocycles. The lowest BCUT2D eigenvalue weighted by Gasteiger charge is -2.06. The highest BCUT2D eigenvalue weighted by Gasteiger charge is 2.36. The monoisotopic (exact) mass is 283 g/mol. The van der Waals surface area contributed by atoms with E-state index in [1.54, 1.807) is 0 Å². The highest BCUT2D eigenvalue weighted by Crippen LogP contribution is 2.47. The average Bonchev–Trinajstić information content (AvgIpc) is 3.05. The lowest BCUT2D eigenvalue weighted by molar-refractivity contribution is 0.468. The van der Waals surface area contributed by atoms with E-state index in [0.717, 1.165) is 29.7 Å². The van der Waals surface area contributed by atoms with Crippen LogP contribution in [0, 0.1) is 5.92 Å². The smallest absolute Gasteiger partial charge is 0.123 e.